The lowest BCUT2D eigenvalue weighted by Crippen LogP contribution is -2.33. The van der Waals surface area contributed by atoms with Crippen LogP contribution in [-0.4, -0.2) is 36.5 Å². The van der Waals surface area contributed by atoms with Crippen LogP contribution in [0.25, 0.3) is 0 Å². The molecule has 3 nitrogen and oxygen atoms in total. The lowest BCUT2D eigenvalue weighted by Gasteiger charge is -2.22. The molecule has 1 aromatic carbocycles. The highest BCUT2D eigenvalue weighted by molar-refractivity contribution is 5.77. The van der Waals surface area contributed by atoms with Crippen LogP contribution in [0, 0.1) is 0 Å². The minimum atomic E-state index is 0.190. The van der Waals surface area contributed by atoms with Gasteiger partial charge in [-0.3, -0.25) is 4.79 Å². The number of likely N-dealkylation sites (tertiary alicyclic amines) is 1. The molecule has 3 heteroatoms. The molecular weight excluding hydrogens is 236 g/mol. The van der Waals surface area contributed by atoms with Crippen LogP contribution in [0.15, 0.2) is 30.3 Å². The van der Waals surface area contributed by atoms with Gasteiger partial charge in [-0.1, -0.05) is 30.3 Å². The first-order chi connectivity index (χ1) is 9.34. The van der Waals surface area contributed by atoms with Crippen molar-refractivity contribution in [1.29, 1.82) is 0 Å². The zero-order chi connectivity index (χ0) is 13.1. The molecule has 1 radical (unpaired) electrons. The molecule has 2 heterocycles. The van der Waals surface area contributed by atoms with Gasteiger partial charge in [-0.05, 0) is 24.8 Å². The molecule has 0 aliphatic carbocycles. The maximum atomic E-state index is 12.2. The van der Waals surface area contributed by atoms with Crippen LogP contribution in [0.1, 0.15) is 37.2 Å². The van der Waals surface area contributed by atoms with E-state index in [0.29, 0.717) is 18.2 Å². The van der Waals surface area contributed by atoms with E-state index in [9.17, 15) is 4.79 Å². The lowest BCUT2D eigenvalue weighted by molar-refractivity contribution is -0.130. The summed E-state index contributed by atoms with van der Waals surface area (Å²) in [5, 5.41) is 4.66. The van der Waals surface area contributed by atoms with E-state index in [-0.39, 0.29) is 6.04 Å². The Bertz CT molecular complexity index is 426. The number of carbonyl (C=O) groups excluding carboxylic acids is 1. The number of rotatable bonds is 3. The second-order valence-corrected chi connectivity index (χ2v) is 5.57. The SMILES string of the molecule is O=C(C[C@@H]1[N]CC[C@@H]1c1ccccc1)N1CCCC1. The van der Waals surface area contributed by atoms with Crippen LogP contribution in [0.3, 0.4) is 0 Å². The Morgan fingerprint density at radius 2 is 1.95 bits per heavy atom. The van der Waals surface area contributed by atoms with Gasteiger partial charge in [0.2, 0.25) is 5.91 Å². The number of benzene rings is 1. The van der Waals surface area contributed by atoms with Crippen LogP contribution in [-0.2, 0) is 4.79 Å². The van der Waals surface area contributed by atoms with Crippen LogP contribution in [0.4, 0.5) is 0 Å². The van der Waals surface area contributed by atoms with Crippen LogP contribution in [0.5, 0.6) is 0 Å². The van der Waals surface area contributed by atoms with Crippen molar-refractivity contribution in [2.75, 3.05) is 19.6 Å². The predicted molar refractivity (Wildman–Crippen MR) is 75.0 cm³/mol. The molecule has 0 spiro atoms. The standard InChI is InChI=1S/C16H21N2O/c19-16(18-10-4-5-11-18)12-15-14(8-9-17-15)13-6-2-1-3-7-13/h1-3,6-7,14-15H,4-5,8-12H2/t14-,15+/m1/s1. The molecule has 2 aliphatic rings. The molecule has 2 saturated heterocycles. The van der Waals surface area contributed by atoms with Crippen molar-refractivity contribution >= 4 is 5.91 Å². The quantitative estimate of drug-likeness (QED) is 0.817. The van der Waals surface area contributed by atoms with Gasteiger partial charge in [-0.25, -0.2) is 5.32 Å². The Hall–Kier alpha value is -1.35. The van der Waals surface area contributed by atoms with Gasteiger partial charge in [-0.2, -0.15) is 0 Å². The average Bonchev–Trinajstić information content (AvgIpc) is 3.11. The van der Waals surface area contributed by atoms with E-state index in [1.165, 1.54) is 5.56 Å². The molecule has 3 rings (SSSR count). The number of hydrogen-bond donors (Lipinski definition) is 0. The summed E-state index contributed by atoms with van der Waals surface area (Å²) in [6, 6.07) is 10.7. The number of hydrogen-bond acceptors (Lipinski definition) is 1. The summed E-state index contributed by atoms with van der Waals surface area (Å²) in [5.74, 6) is 0.738. The van der Waals surface area contributed by atoms with Gasteiger partial charge in [0, 0.05) is 38.0 Å². The molecule has 0 bridgehead atoms. The van der Waals surface area contributed by atoms with Crippen molar-refractivity contribution in [2.45, 2.75) is 37.6 Å². The first-order valence-electron chi connectivity index (χ1n) is 7.34. The molecular formula is C16H21N2O. The van der Waals surface area contributed by atoms with Crippen molar-refractivity contribution in [2.24, 2.45) is 0 Å². The van der Waals surface area contributed by atoms with Crippen molar-refractivity contribution < 1.29 is 4.79 Å². The fourth-order valence-corrected chi connectivity index (χ4v) is 3.27. The summed E-state index contributed by atoms with van der Waals surface area (Å²) in [4.78, 5) is 14.3. The molecule has 0 aromatic heterocycles. The third-order valence-corrected chi connectivity index (χ3v) is 4.34. The summed E-state index contributed by atoms with van der Waals surface area (Å²) in [5.41, 5.74) is 1.34. The van der Waals surface area contributed by atoms with E-state index < -0.39 is 0 Å². The molecule has 19 heavy (non-hydrogen) atoms. The fraction of sp³-hybridized carbons (Fsp3) is 0.562. The van der Waals surface area contributed by atoms with E-state index in [1.807, 2.05) is 11.0 Å². The zero-order valence-corrected chi connectivity index (χ0v) is 11.3. The van der Waals surface area contributed by atoms with Gasteiger partial charge >= 0.3 is 0 Å². The second kappa shape index (κ2) is 5.74. The molecule has 2 atom stereocenters. The number of amides is 1. The third kappa shape index (κ3) is 2.81. The smallest absolute Gasteiger partial charge is 0.224 e. The minimum Gasteiger partial charge on any atom is -0.343 e. The molecule has 101 valence electrons. The topological polar surface area (TPSA) is 34.4 Å². The number of carbonyl (C=O) groups is 1. The first kappa shape index (κ1) is 12.7. The summed E-state index contributed by atoms with van der Waals surface area (Å²) in [6.07, 6.45) is 4.01. The Morgan fingerprint density at radius 3 is 2.68 bits per heavy atom. The second-order valence-electron chi connectivity index (χ2n) is 5.57. The van der Waals surface area contributed by atoms with Gasteiger partial charge in [-0.15, -0.1) is 0 Å². The van der Waals surface area contributed by atoms with Gasteiger partial charge in [0.1, 0.15) is 0 Å². The summed E-state index contributed by atoms with van der Waals surface area (Å²) >= 11 is 0. The Morgan fingerprint density at radius 1 is 1.21 bits per heavy atom. The normalized spacial score (nSPS) is 26.8. The van der Waals surface area contributed by atoms with Gasteiger partial charge in [0.15, 0.2) is 0 Å². The Kier molecular flexibility index (Phi) is 3.83. The van der Waals surface area contributed by atoms with Crippen molar-refractivity contribution in [3.05, 3.63) is 35.9 Å². The summed E-state index contributed by atoms with van der Waals surface area (Å²) < 4.78 is 0. The largest absolute Gasteiger partial charge is 0.343 e. The lowest BCUT2D eigenvalue weighted by atomic mass is 9.90. The number of nitrogens with zero attached hydrogens (tertiary/aromatic N) is 2. The Balaban J connectivity index is 1.65. The zero-order valence-electron chi connectivity index (χ0n) is 11.3. The Labute approximate surface area is 115 Å². The minimum absolute atomic E-state index is 0.190. The van der Waals surface area contributed by atoms with Crippen molar-refractivity contribution in [1.82, 2.24) is 10.2 Å². The van der Waals surface area contributed by atoms with E-state index >= 15 is 0 Å². The molecule has 0 N–H and O–H groups in total. The highest BCUT2D eigenvalue weighted by atomic mass is 16.2. The van der Waals surface area contributed by atoms with Crippen molar-refractivity contribution in [3.63, 3.8) is 0 Å². The fourth-order valence-electron chi connectivity index (χ4n) is 3.27. The van der Waals surface area contributed by atoms with Gasteiger partial charge in [0.05, 0.1) is 0 Å². The highest BCUT2D eigenvalue weighted by Gasteiger charge is 2.32. The van der Waals surface area contributed by atoms with Crippen LogP contribution < -0.4 is 5.32 Å². The van der Waals surface area contributed by atoms with Crippen LogP contribution in [0.2, 0.25) is 0 Å². The van der Waals surface area contributed by atoms with Crippen molar-refractivity contribution in [3.8, 4) is 0 Å². The monoisotopic (exact) mass is 257 g/mol. The highest BCUT2D eigenvalue weighted by Crippen LogP contribution is 2.31. The van der Waals surface area contributed by atoms with E-state index in [4.69, 9.17) is 0 Å². The predicted octanol–water partition coefficient (Wildman–Crippen LogP) is 2.16. The molecule has 0 saturated carbocycles. The molecule has 2 fully saturated rings. The maximum absolute atomic E-state index is 12.2. The molecule has 1 amide bonds. The van der Waals surface area contributed by atoms with Gasteiger partial charge in [0.25, 0.3) is 0 Å². The van der Waals surface area contributed by atoms with Gasteiger partial charge < -0.3 is 4.90 Å². The maximum Gasteiger partial charge on any atom is 0.224 e. The molecule has 1 aromatic rings. The summed E-state index contributed by atoms with van der Waals surface area (Å²) in [7, 11) is 0. The van der Waals surface area contributed by atoms with E-state index in [0.717, 1.165) is 38.9 Å². The van der Waals surface area contributed by atoms with E-state index in [1.54, 1.807) is 0 Å². The summed E-state index contributed by atoms with van der Waals surface area (Å²) in [6.45, 7) is 2.79. The first-order valence-corrected chi connectivity index (χ1v) is 7.34. The van der Waals surface area contributed by atoms with Crippen LogP contribution >= 0.6 is 0 Å². The third-order valence-electron chi connectivity index (χ3n) is 4.34. The molecule has 0 unspecified atom stereocenters. The van der Waals surface area contributed by atoms with E-state index in [2.05, 4.69) is 29.6 Å². The average molecular weight is 257 g/mol. The molecule has 2 aliphatic heterocycles.